The van der Waals surface area contributed by atoms with Gasteiger partial charge in [0.1, 0.15) is 0 Å². The van der Waals surface area contributed by atoms with E-state index in [1.54, 1.807) is 0 Å². The predicted octanol–water partition coefficient (Wildman–Crippen LogP) is 2.14. The summed E-state index contributed by atoms with van der Waals surface area (Å²) in [5.74, 6) is 0.101. The fourth-order valence-corrected chi connectivity index (χ4v) is 2.78. The van der Waals surface area contributed by atoms with Crippen molar-refractivity contribution in [3.63, 3.8) is 0 Å². The largest absolute Gasteiger partial charge is 0.396 e. The highest BCUT2D eigenvalue weighted by Crippen LogP contribution is 2.37. The van der Waals surface area contributed by atoms with E-state index in [4.69, 9.17) is 4.74 Å². The number of ether oxygens (including phenoxy) is 1. The van der Waals surface area contributed by atoms with Crippen molar-refractivity contribution in [3.05, 3.63) is 48.0 Å². The Morgan fingerprint density at radius 2 is 2.00 bits per heavy atom. The molecular weight excluding hydrogens is 240 g/mol. The van der Waals surface area contributed by atoms with Gasteiger partial charge in [0.15, 0.2) is 0 Å². The summed E-state index contributed by atoms with van der Waals surface area (Å²) in [4.78, 5) is 0. The Hall–Kier alpha value is -1.16. The Morgan fingerprint density at radius 1 is 1.26 bits per heavy atom. The summed E-state index contributed by atoms with van der Waals surface area (Å²) in [6, 6.07) is 10.0. The SMILES string of the molecule is C=C1C[C@@H](O)[C@@H](CO)[C@H]1CCOCc1ccccc1. The van der Waals surface area contributed by atoms with Crippen molar-refractivity contribution in [1.82, 2.24) is 0 Å². The van der Waals surface area contributed by atoms with Crippen LogP contribution >= 0.6 is 0 Å². The maximum atomic E-state index is 9.80. The van der Waals surface area contributed by atoms with Crippen LogP contribution in [0.2, 0.25) is 0 Å². The zero-order chi connectivity index (χ0) is 13.7. The topological polar surface area (TPSA) is 49.7 Å². The van der Waals surface area contributed by atoms with Gasteiger partial charge in [-0.1, -0.05) is 42.5 Å². The van der Waals surface area contributed by atoms with E-state index >= 15 is 0 Å². The summed E-state index contributed by atoms with van der Waals surface area (Å²) in [7, 11) is 0. The first kappa shape index (κ1) is 14.3. The maximum Gasteiger partial charge on any atom is 0.0716 e. The molecule has 1 saturated carbocycles. The summed E-state index contributed by atoms with van der Waals surface area (Å²) < 4.78 is 5.65. The van der Waals surface area contributed by atoms with Gasteiger partial charge in [0.05, 0.1) is 12.7 Å². The lowest BCUT2D eigenvalue weighted by Crippen LogP contribution is -2.23. The minimum absolute atomic E-state index is 0.0174. The zero-order valence-electron chi connectivity index (χ0n) is 11.2. The van der Waals surface area contributed by atoms with E-state index in [9.17, 15) is 10.2 Å². The molecule has 3 heteroatoms. The Kier molecular flexibility index (Phi) is 5.14. The number of rotatable bonds is 6. The number of aliphatic hydroxyl groups is 2. The van der Waals surface area contributed by atoms with Crippen LogP contribution in [0.15, 0.2) is 42.5 Å². The molecule has 2 rings (SSSR count). The molecule has 1 aromatic carbocycles. The van der Waals surface area contributed by atoms with Crippen LogP contribution in [0.25, 0.3) is 0 Å². The second-order valence-corrected chi connectivity index (χ2v) is 5.21. The molecule has 3 nitrogen and oxygen atoms in total. The lowest BCUT2D eigenvalue weighted by atomic mass is 9.91. The Labute approximate surface area is 114 Å². The Bertz CT molecular complexity index is 402. The lowest BCUT2D eigenvalue weighted by molar-refractivity contribution is 0.0556. The van der Waals surface area contributed by atoms with E-state index in [1.807, 2.05) is 30.3 Å². The van der Waals surface area contributed by atoms with Gasteiger partial charge in [-0.25, -0.2) is 0 Å². The Balaban J connectivity index is 1.75. The van der Waals surface area contributed by atoms with E-state index in [0.717, 1.165) is 17.6 Å². The van der Waals surface area contributed by atoms with Crippen molar-refractivity contribution >= 4 is 0 Å². The van der Waals surface area contributed by atoms with Crippen molar-refractivity contribution in [3.8, 4) is 0 Å². The van der Waals surface area contributed by atoms with Crippen LogP contribution in [0.3, 0.4) is 0 Å². The molecule has 0 bridgehead atoms. The lowest BCUT2D eigenvalue weighted by Gasteiger charge is -2.20. The van der Waals surface area contributed by atoms with Gasteiger partial charge in [0.2, 0.25) is 0 Å². The predicted molar refractivity (Wildman–Crippen MR) is 74.5 cm³/mol. The van der Waals surface area contributed by atoms with Crippen LogP contribution in [-0.2, 0) is 11.3 Å². The van der Waals surface area contributed by atoms with Crippen LogP contribution in [0.4, 0.5) is 0 Å². The van der Waals surface area contributed by atoms with Crippen molar-refractivity contribution in [1.29, 1.82) is 0 Å². The molecule has 1 aliphatic carbocycles. The van der Waals surface area contributed by atoms with Crippen molar-refractivity contribution in [2.45, 2.75) is 25.6 Å². The van der Waals surface area contributed by atoms with Crippen molar-refractivity contribution in [2.24, 2.45) is 11.8 Å². The second-order valence-electron chi connectivity index (χ2n) is 5.21. The molecule has 0 aromatic heterocycles. The van der Waals surface area contributed by atoms with Crippen LogP contribution in [0.1, 0.15) is 18.4 Å². The van der Waals surface area contributed by atoms with Gasteiger partial charge < -0.3 is 14.9 Å². The first-order valence-electron chi connectivity index (χ1n) is 6.80. The van der Waals surface area contributed by atoms with E-state index in [1.165, 1.54) is 0 Å². The van der Waals surface area contributed by atoms with Crippen LogP contribution < -0.4 is 0 Å². The standard InChI is InChI=1S/C16H22O3/c1-12-9-16(18)15(10-17)14(12)7-8-19-11-13-5-3-2-4-6-13/h2-6,14-18H,1,7-11H2/t14-,15-,16+/m0/s1. The molecule has 1 fully saturated rings. The summed E-state index contributed by atoms with van der Waals surface area (Å²) in [5, 5.41) is 19.1. The summed E-state index contributed by atoms with van der Waals surface area (Å²) in [5.41, 5.74) is 2.20. The van der Waals surface area contributed by atoms with Crippen molar-refractivity contribution < 1.29 is 14.9 Å². The fourth-order valence-electron chi connectivity index (χ4n) is 2.78. The monoisotopic (exact) mass is 262 g/mol. The molecule has 0 spiro atoms. The highest BCUT2D eigenvalue weighted by molar-refractivity contribution is 5.14. The van der Waals surface area contributed by atoms with Crippen molar-refractivity contribution in [2.75, 3.05) is 13.2 Å². The highest BCUT2D eigenvalue weighted by Gasteiger charge is 2.36. The van der Waals surface area contributed by atoms with Gasteiger partial charge >= 0.3 is 0 Å². The van der Waals surface area contributed by atoms with E-state index < -0.39 is 6.10 Å². The van der Waals surface area contributed by atoms with Gasteiger partial charge in [-0.15, -0.1) is 0 Å². The Morgan fingerprint density at radius 3 is 2.68 bits per heavy atom. The van der Waals surface area contributed by atoms with E-state index in [-0.39, 0.29) is 18.4 Å². The third kappa shape index (κ3) is 3.66. The molecule has 1 aromatic rings. The molecule has 3 atom stereocenters. The number of hydrogen-bond acceptors (Lipinski definition) is 3. The third-order valence-electron chi connectivity index (χ3n) is 3.90. The maximum absolute atomic E-state index is 9.80. The second kappa shape index (κ2) is 6.85. The van der Waals surface area contributed by atoms with Gasteiger partial charge in [-0.05, 0) is 24.3 Å². The molecule has 0 radical (unpaired) electrons. The zero-order valence-corrected chi connectivity index (χ0v) is 11.2. The molecular formula is C16H22O3. The average molecular weight is 262 g/mol. The number of hydrogen-bond donors (Lipinski definition) is 2. The first-order chi connectivity index (χ1) is 9.22. The molecule has 0 amide bonds. The third-order valence-corrected chi connectivity index (χ3v) is 3.90. The van der Waals surface area contributed by atoms with Gasteiger partial charge in [0, 0.05) is 19.1 Å². The van der Waals surface area contributed by atoms with Gasteiger partial charge in [0.25, 0.3) is 0 Å². The van der Waals surface area contributed by atoms with Gasteiger partial charge in [-0.2, -0.15) is 0 Å². The number of aliphatic hydroxyl groups excluding tert-OH is 2. The van der Waals surface area contributed by atoms with Crippen LogP contribution in [0, 0.1) is 11.8 Å². The summed E-state index contributed by atoms with van der Waals surface area (Å²) in [6.07, 6.45) is 0.972. The minimum Gasteiger partial charge on any atom is -0.396 e. The highest BCUT2D eigenvalue weighted by atomic mass is 16.5. The first-order valence-corrected chi connectivity index (χ1v) is 6.80. The average Bonchev–Trinajstić information content (AvgIpc) is 2.70. The van der Waals surface area contributed by atoms with Crippen LogP contribution in [0.5, 0.6) is 0 Å². The summed E-state index contributed by atoms with van der Waals surface area (Å²) in [6.45, 7) is 5.24. The van der Waals surface area contributed by atoms with Gasteiger partial charge in [-0.3, -0.25) is 0 Å². The molecule has 104 valence electrons. The quantitative estimate of drug-likeness (QED) is 0.610. The molecule has 0 unspecified atom stereocenters. The molecule has 0 aliphatic heterocycles. The minimum atomic E-state index is -0.448. The normalized spacial score (nSPS) is 26.8. The molecule has 19 heavy (non-hydrogen) atoms. The molecule has 0 heterocycles. The van der Waals surface area contributed by atoms with E-state index in [2.05, 4.69) is 6.58 Å². The summed E-state index contributed by atoms with van der Waals surface area (Å²) >= 11 is 0. The molecule has 2 N–H and O–H groups in total. The van der Waals surface area contributed by atoms with Crippen LogP contribution in [-0.4, -0.2) is 29.5 Å². The number of benzene rings is 1. The fraction of sp³-hybridized carbons (Fsp3) is 0.500. The molecule has 0 saturated heterocycles. The van der Waals surface area contributed by atoms with E-state index in [0.29, 0.717) is 19.6 Å². The molecule has 1 aliphatic rings. The smallest absolute Gasteiger partial charge is 0.0716 e.